The molecule has 2 amide bonds. The first-order valence-electron chi connectivity index (χ1n) is 9.55. The molecular formula is C22H18N4O4. The van der Waals surface area contributed by atoms with E-state index in [-0.39, 0.29) is 23.9 Å². The molecule has 1 atom stereocenters. The Hall–Kier alpha value is -3.94. The number of anilines is 1. The Morgan fingerprint density at radius 1 is 1.07 bits per heavy atom. The molecule has 1 aliphatic rings. The lowest BCUT2D eigenvalue weighted by Gasteiger charge is -2.15. The Kier molecular flexibility index (Phi) is 3.95. The predicted molar refractivity (Wildman–Crippen MR) is 110 cm³/mol. The highest BCUT2D eigenvalue weighted by Gasteiger charge is 2.43. The first-order chi connectivity index (χ1) is 14.4. The number of hydrogen-bond acceptors (Lipinski definition) is 5. The van der Waals surface area contributed by atoms with Crippen molar-refractivity contribution in [3.05, 3.63) is 75.7 Å². The van der Waals surface area contributed by atoms with Crippen LogP contribution in [0.5, 0.6) is 0 Å². The van der Waals surface area contributed by atoms with Crippen molar-refractivity contribution < 1.29 is 14.0 Å². The summed E-state index contributed by atoms with van der Waals surface area (Å²) in [6.45, 7) is 3.59. The van der Waals surface area contributed by atoms with E-state index in [0.717, 1.165) is 10.5 Å². The number of aromatic amines is 1. The zero-order valence-electron chi connectivity index (χ0n) is 16.4. The summed E-state index contributed by atoms with van der Waals surface area (Å²) in [7, 11) is 0. The number of hydrogen-bond donors (Lipinski definition) is 1. The fourth-order valence-corrected chi connectivity index (χ4v) is 3.96. The van der Waals surface area contributed by atoms with E-state index in [1.54, 1.807) is 37.3 Å². The third kappa shape index (κ3) is 2.68. The van der Waals surface area contributed by atoms with Crippen molar-refractivity contribution in [2.75, 3.05) is 4.90 Å². The number of carbonyl (C=O) groups is 2. The van der Waals surface area contributed by atoms with Gasteiger partial charge >= 0.3 is 6.01 Å². The minimum atomic E-state index is -0.854. The highest BCUT2D eigenvalue weighted by molar-refractivity contribution is 6.22. The van der Waals surface area contributed by atoms with Crippen LogP contribution >= 0.6 is 0 Å². The number of para-hydroxylation sites is 2. The standard InChI is InChI=1S/C22H18N4O4/c1-12-6-5-7-14(10-12)25-18(27)11-15(20(25)28)19-13(2)24-26(21(19)29)22-23-16-8-3-4-9-17(16)30-22/h3-10,15,24H,11H2,1-2H3/t15-/m0/s1. The maximum atomic E-state index is 13.2. The number of nitrogens with zero attached hydrogens (tertiary/aromatic N) is 3. The summed E-state index contributed by atoms with van der Waals surface area (Å²) in [5.74, 6) is -1.59. The highest BCUT2D eigenvalue weighted by Crippen LogP contribution is 2.33. The molecule has 8 heteroatoms. The first kappa shape index (κ1) is 18.1. The van der Waals surface area contributed by atoms with Crippen molar-refractivity contribution in [3.8, 4) is 6.01 Å². The maximum Gasteiger partial charge on any atom is 0.325 e. The van der Waals surface area contributed by atoms with Crippen LogP contribution < -0.4 is 10.5 Å². The number of benzene rings is 2. The molecule has 8 nitrogen and oxygen atoms in total. The SMILES string of the molecule is Cc1cccc(N2C(=O)C[C@@H](c3c(C)[nH]n(-c4nc5ccccc5o4)c3=O)C2=O)c1. The number of rotatable bonds is 3. The Morgan fingerprint density at radius 2 is 1.87 bits per heavy atom. The molecule has 0 spiro atoms. The number of H-pyrrole nitrogens is 1. The van der Waals surface area contributed by atoms with Gasteiger partial charge in [-0.3, -0.25) is 19.5 Å². The molecule has 3 heterocycles. The Morgan fingerprint density at radius 3 is 2.63 bits per heavy atom. The minimum Gasteiger partial charge on any atom is -0.422 e. The molecular weight excluding hydrogens is 384 g/mol. The van der Waals surface area contributed by atoms with Crippen molar-refractivity contribution in [1.82, 2.24) is 14.8 Å². The van der Waals surface area contributed by atoms with Gasteiger partial charge in [0.1, 0.15) is 5.52 Å². The van der Waals surface area contributed by atoms with Crippen LogP contribution in [0.3, 0.4) is 0 Å². The van der Waals surface area contributed by atoms with Crippen LogP contribution in [-0.4, -0.2) is 26.6 Å². The molecule has 5 rings (SSSR count). The second kappa shape index (κ2) is 6.55. The van der Waals surface area contributed by atoms with Gasteiger partial charge in [0, 0.05) is 12.1 Å². The van der Waals surface area contributed by atoms with Crippen LogP contribution in [0.2, 0.25) is 0 Å². The van der Waals surface area contributed by atoms with Gasteiger partial charge in [-0.15, -0.1) is 0 Å². The van der Waals surface area contributed by atoms with Gasteiger partial charge in [-0.25, -0.2) is 4.90 Å². The van der Waals surface area contributed by atoms with Crippen LogP contribution in [0.4, 0.5) is 5.69 Å². The third-order valence-electron chi connectivity index (χ3n) is 5.35. The molecule has 1 N–H and O–H groups in total. The van der Waals surface area contributed by atoms with Crippen molar-refractivity contribution in [3.63, 3.8) is 0 Å². The average Bonchev–Trinajstić information content (AvgIpc) is 3.35. The number of nitrogens with one attached hydrogen (secondary N) is 1. The van der Waals surface area contributed by atoms with Gasteiger partial charge in [-0.05, 0) is 43.7 Å². The van der Waals surface area contributed by atoms with Gasteiger partial charge in [0.05, 0.1) is 17.2 Å². The topological polar surface area (TPSA) is 101 Å². The zero-order chi connectivity index (χ0) is 21.0. The van der Waals surface area contributed by atoms with Crippen molar-refractivity contribution in [1.29, 1.82) is 0 Å². The summed E-state index contributed by atoms with van der Waals surface area (Å²) in [6.07, 6.45) is -0.0612. The Labute approximate surface area is 170 Å². The van der Waals surface area contributed by atoms with E-state index in [9.17, 15) is 14.4 Å². The Bertz CT molecular complexity index is 1340. The van der Waals surface area contributed by atoms with Crippen LogP contribution in [0, 0.1) is 13.8 Å². The molecule has 1 fully saturated rings. The average molecular weight is 402 g/mol. The summed E-state index contributed by atoms with van der Waals surface area (Å²) in [6, 6.07) is 14.4. The van der Waals surface area contributed by atoms with Crippen LogP contribution in [0.25, 0.3) is 17.1 Å². The van der Waals surface area contributed by atoms with E-state index in [0.29, 0.717) is 22.5 Å². The lowest BCUT2D eigenvalue weighted by molar-refractivity contribution is -0.121. The summed E-state index contributed by atoms with van der Waals surface area (Å²) in [5.41, 5.74) is 2.92. The molecule has 0 unspecified atom stereocenters. The predicted octanol–water partition coefficient (Wildman–Crippen LogP) is 2.97. The van der Waals surface area contributed by atoms with E-state index in [2.05, 4.69) is 10.1 Å². The highest BCUT2D eigenvalue weighted by atomic mass is 16.4. The first-order valence-corrected chi connectivity index (χ1v) is 9.55. The molecule has 4 aromatic rings. The van der Waals surface area contributed by atoms with E-state index < -0.39 is 17.4 Å². The van der Waals surface area contributed by atoms with Crippen LogP contribution in [0.15, 0.2) is 57.7 Å². The molecule has 0 radical (unpaired) electrons. The lowest BCUT2D eigenvalue weighted by atomic mass is 9.98. The summed E-state index contributed by atoms with van der Waals surface area (Å²) < 4.78 is 6.85. The molecule has 30 heavy (non-hydrogen) atoms. The number of amides is 2. The van der Waals surface area contributed by atoms with Gasteiger partial charge < -0.3 is 4.42 Å². The zero-order valence-corrected chi connectivity index (χ0v) is 16.4. The van der Waals surface area contributed by atoms with Gasteiger partial charge in [-0.2, -0.15) is 9.67 Å². The van der Waals surface area contributed by atoms with E-state index >= 15 is 0 Å². The Balaban J connectivity index is 1.56. The number of carbonyl (C=O) groups excluding carboxylic acids is 2. The van der Waals surface area contributed by atoms with Gasteiger partial charge in [-0.1, -0.05) is 24.3 Å². The van der Waals surface area contributed by atoms with Gasteiger partial charge in [0.25, 0.3) is 5.56 Å². The molecule has 2 aromatic carbocycles. The molecule has 0 saturated carbocycles. The van der Waals surface area contributed by atoms with E-state index in [4.69, 9.17) is 4.42 Å². The lowest BCUT2D eigenvalue weighted by Crippen LogP contribution is -2.31. The number of aryl methyl sites for hydroxylation is 2. The molecule has 0 bridgehead atoms. The van der Waals surface area contributed by atoms with E-state index in [1.807, 2.05) is 25.1 Å². The minimum absolute atomic E-state index is 0.0612. The van der Waals surface area contributed by atoms with Crippen molar-refractivity contribution in [2.24, 2.45) is 0 Å². The second-order valence-corrected chi connectivity index (χ2v) is 7.42. The fraction of sp³-hybridized carbons (Fsp3) is 0.182. The molecule has 150 valence electrons. The van der Waals surface area contributed by atoms with Gasteiger partial charge in [0.15, 0.2) is 5.58 Å². The normalized spacial score (nSPS) is 16.7. The number of fused-ring (bicyclic) bond motifs is 1. The van der Waals surface area contributed by atoms with Crippen molar-refractivity contribution in [2.45, 2.75) is 26.2 Å². The molecule has 0 aliphatic carbocycles. The summed E-state index contributed by atoms with van der Waals surface area (Å²) >= 11 is 0. The number of aromatic nitrogens is 3. The van der Waals surface area contributed by atoms with Crippen molar-refractivity contribution >= 4 is 28.6 Å². The molecule has 1 saturated heterocycles. The maximum absolute atomic E-state index is 13.2. The molecule has 2 aromatic heterocycles. The monoisotopic (exact) mass is 402 g/mol. The second-order valence-electron chi connectivity index (χ2n) is 7.42. The largest absolute Gasteiger partial charge is 0.422 e. The van der Waals surface area contributed by atoms with E-state index in [1.165, 1.54) is 4.68 Å². The number of imide groups is 1. The third-order valence-corrected chi connectivity index (χ3v) is 5.35. The summed E-state index contributed by atoms with van der Waals surface area (Å²) in [5, 5.41) is 2.93. The number of oxazole rings is 1. The molecule has 1 aliphatic heterocycles. The van der Waals surface area contributed by atoms with Gasteiger partial charge in [0.2, 0.25) is 11.8 Å². The quantitative estimate of drug-likeness (QED) is 0.531. The smallest absolute Gasteiger partial charge is 0.325 e. The summed E-state index contributed by atoms with van der Waals surface area (Å²) in [4.78, 5) is 44.4. The fourth-order valence-electron chi connectivity index (χ4n) is 3.96. The van der Waals surface area contributed by atoms with Crippen LogP contribution in [-0.2, 0) is 9.59 Å². The van der Waals surface area contributed by atoms with Crippen LogP contribution in [0.1, 0.15) is 29.2 Å².